The van der Waals surface area contributed by atoms with Gasteiger partial charge in [-0.3, -0.25) is 4.90 Å². The van der Waals surface area contributed by atoms with Crippen molar-refractivity contribution in [3.05, 3.63) is 71.8 Å². The quantitative estimate of drug-likeness (QED) is 0.441. The van der Waals surface area contributed by atoms with Gasteiger partial charge in [-0.25, -0.2) is 4.79 Å². The van der Waals surface area contributed by atoms with Crippen molar-refractivity contribution in [3.8, 4) is 0 Å². The van der Waals surface area contributed by atoms with Crippen molar-refractivity contribution in [2.75, 3.05) is 4.55 Å². The van der Waals surface area contributed by atoms with Gasteiger partial charge in [0.25, 0.3) is 0 Å². The van der Waals surface area contributed by atoms with E-state index in [0.717, 1.165) is 11.1 Å². The normalized spacial score (nSPS) is 10.1. The Balaban J connectivity index is 1.89. The maximum Gasteiger partial charge on any atom is 0.411 e. The molecule has 0 radical (unpaired) electrons. The second-order valence-electron chi connectivity index (χ2n) is 4.34. The molecule has 0 saturated carbocycles. The molecule has 0 N–H and O–H groups in total. The third-order valence-electron chi connectivity index (χ3n) is 2.82. The minimum Gasteiger partial charge on any atom is -0.445 e. The molecule has 0 aliphatic heterocycles. The van der Waals surface area contributed by atoms with Gasteiger partial charge in [-0.1, -0.05) is 83.3 Å². The minimum atomic E-state index is -0.285. The van der Waals surface area contributed by atoms with Gasteiger partial charge in [0, 0.05) is 6.54 Å². The Labute approximate surface area is 132 Å². The summed E-state index contributed by atoms with van der Waals surface area (Å²) >= 11 is 2.17. The van der Waals surface area contributed by atoms with Crippen molar-refractivity contribution in [1.29, 1.82) is 0 Å². The predicted molar refractivity (Wildman–Crippen MR) is 87.5 cm³/mol. The van der Waals surface area contributed by atoms with E-state index in [-0.39, 0.29) is 6.09 Å². The maximum absolute atomic E-state index is 12.1. The molecule has 104 valence electrons. The smallest absolute Gasteiger partial charge is 0.411 e. The standard InChI is InChI=1S/C16H16INO2/c17-13-18(11-14-7-3-1-4-8-14)16(19)20-12-15-9-5-2-6-10-15/h1-10H,11-13H2. The summed E-state index contributed by atoms with van der Waals surface area (Å²) in [6.07, 6.45) is -0.285. The van der Waals surface area contributed by atoms with Gasteiger partial charge in [0.1, 0.15) is 6.61 Å². The number of rotatable bonds is 5. The highest BCUT2D eigenvalue weighted by molar-refractivity contribution is 14.1. The molecule has 1 amide bonds. The molecule has 0 unspecified atom stereocenters. The SMILES string of the molecule is O=C(OCc1ccccc1)N(CI)Cc1ccccc1. The molecular formula is C16H16INO2. The minimum absolute atomic E-state index is 0.285. The second-order valence-corrected chi connectivity index (χ2v) is 5.03. The Hall–Kier alpha value is -1.56. The first kappa shape index (κ1) is 14.8. The van der Waals surface area contributed by atoms with E-state index in [1.165, 1.54) is 0 Å². The number of carbonyl (C=O) groups is 1. The summed E-state index contributed by atoms with van der Waals surface area (Å²) in [4.78, 5) is 13.7. The molecule has 3 nitrogen and oxygen atoms in total. The van der Waals surface area contributed by atoms with Crippen LogP contribution < -0.4 is 0 Å². The van der Waals surface area contributed by atoms with Crippen LogP contribution in [0.1, 0.15) is 11.1 Å². The summed E-state index contributed by atoms with van der Waals surface area (Å²) in [6.45, 7) is 0.874. The lowest BCUT2D eigenvalue weighted by Crippen LogP contribution is -2.29. The van der Waals surface area contributed by atoms with Crippen molar-refractivity contribution in [1.82, 2.24) is 4.90 Å². The third-order valence-corrected chi connectivity index (χ3v) is 3.65. The fraction of sp³-hybridized carbons (Fsp3) is 0.188. The number of amides is 1. The number of halogens is 1. The zero-order valence-electron chi connectivity index (χ0n) is 11.0. The van der Waals surface area contributed by atoms with Gasteiger partial charge in [-0.05, 0) is 11.1 Å². The number of benzene rings is 2. The van der Waals surface area contributed by atoms with Crippen LogP contribution >= 0.6 is 22.6 Å². The lowest BCUT2D eigenvalue weighted by molar-refractivity contribution is 0.102. The van der Waals surface area contributed by atoms with E-state index >= 15 is 0 Å². The van der Waals surface area contributed by atoms with E-state index in [2.05, 4.69) is 22.6 Å². The molecular weight excluding hydrogens is 365 g/mol. The molecule has 2 aromatic carbocycles. The number of hydrogen-bond donors (Lipinski definition) is 0. The average molecular weight is 381 g/mol. The van der Waals surface area contributed by atoms with Crippen LogP contribution in [0.4, 0.5) is 4.79 Å². The molecule has 2 aromatic rings. The van der Waals surface area contributed by atoms with Gasteiger partial charge in [-0.15, -0.1) is 0 Å². The van der Waals surface area contributed by atoms with Crippen LogP contribution in [0, 0.1) is 0 Å². The van der Waals surface area contributed by atoms with E-state index in [4.69, 9.17) is 4.74 Å². The van der Waals surface area contributed by atoms with Crippen LogP contribution in [0.15, 0.2) is 60.7 Å². The summed E-state index contributed by atoms with van der Waals surface area (Å²) in [5.74, 6) is 0. The summed E-state index contributed by atoms with van der Waals surface area (Å²) < 4.78 is 5.93. The van der Waals surface area contributed by atoms with Crippen LogP contribution in [0.2, 0.25) is 0 Å². The number of hydrogen-bond acceptors (Lipinski definition) is 2. The largest absolute Gasteiger partial charge is 0.445 e. The van der Waals surface area contributed by atoms with E-state index < -0.39 is 0 Å². The van der Waals surface area contributed by atoms with Crippen LogP contribution in [-0.4, -0.2) is 15.5 Å². The maximum atomic E-state index is 12.1. The number of ether oxygens (including phenoxy) is 1. The summed E-state index contributed by atoms with van der Waals surface area (Å²) in [7, 11) is 0. The second kappa shape index (κ2) is 7.89. The predicted octanol–water partition coefficient (Wildman–Crippen LogP) is 4.22. The fourth-order valence-corrected chi connectivity index (χ4v) is 2.29. The van der Waals surface area contributed by atoms with Crippen molar-refractivity contribution in [2.45, 2.75) is 13.2 Å². The molecule has 0 heterocycles. The van der Waals surface area contributed by atoms with Gasteiger partial charge >= 0.3 is 6.09 Å². The molecule has 2 rings (SSSR count). The van der Waals surface area contributed by atoms with Crippen LogP contribution in [0.25, 0.3) is 0 Å². The van der Waals surface area contributed by atoms with Gasteiger partial charge in [-0.2, -0.15) is 0 Å². The molecule has 0 saturated heterocycles. The van der Waals surface area contributed by atoms with Gasteiger partial charge in [0.2, 0.25) is 0 Å². The van der Waals surface area contributed by atoms with Crippen LogP contribution in [0.5, 0.6) is 0 Å². The first-order chi connectivity index (χ1) is 9.79. The zero-order valence-corrected chi connectivity index (χ0v) is 13.2. The van der Waals surface area contributed by atoms with Crippen molar-refractivity contribution in [3.63, 3.8) is 0 Å². The van der Waals surface area contributed by atoms with E-state index in [1.54, 1.807) is 4.90 Å². The average Bonchev–Trinajstić information content (AvgIpc) is 2.52. The molecule has 4 heteroatoms. The zero-order chi connectivity index (χ0) is 14.2. The Morgan fingerprint density at radius 3 is 2.05 bits per heavy atom. The Morgan fingerprint density at radius 1 is 0.950 bits per heavy atom. The van der Waals surface area contributed by atoms with Crippen molar-refractivity contribution >= 4 is 28.7 Å². The Kier molecular flexibility index (Phi) is 5.86. The molecule has 0 fully saturated rings. The van der Waals surface area contributed by atoms with E-state index in [1.807, 2.05) is 60.7 Å². The molecule has 0 bridgehead atoms. The molecule has 0 aliphatic carbocycles. The first-order valence-corrected chi connectivity index (χ1v) is 7.87. The van der Waals surface area contributed by atoms with Crippen LogP contribution in [-0.2, 0) is 17.9 Å². The topological polar surface area (TPSA) is 29.5 Å². The van der Waals surface area contributed by atoms with Crippen LogP contribution in [0.3, 0.4) is 0 Å². The fourth-order valence-electron chi connectivity index (χ4n) is 1.77. The summed E-state index contributed by atoms with van der Waals surface area (Å²) in [6, 6.07) is 19.6. The molecule has 20 heavy (non-hydrogen) atoms. The lowest BCUT2D eigenvalue weighted by atomic mass is 10.2. The highest BCUT2D eigenvalue weighted by atomic mass is 127. The Bertz CT molecular complexity index is 531. The summed E-state index contributed by atoms with van der Waals surface area (Å²) in [5, 5.41) is 0. The monoisotopic (exact) mass is 381 g/mol. The highest BCUT2D eigenvalue weighted by Crippen LogP contribution is 2.09. The van der Waals surface area contributed by atoms with Gasteiger partial charge in [0.05, 0.1) is 4.55 Å². The van der Waals surface area contributed by atoms with Gasteiger partial charge in [0.15, 0.2) is 0 Å². The number of nitrogens with zero attached hydrogens (tertiary/aromatic N) is 1. The van der Waals surface area contributed by atoms with Gasteiger partial charge < -0.3 is 4.74 Å². The Morgan fingerprint density at radius 2 is 1.50 bits per heavy atom. The van der Waals surface area contributed by atoms with E-state index in [9.17, 15) is 4.79 Å². The van der Waals surface area contributed by atoms with E-state index in [0.29, 0.717) is 17.7 Å². The highest BCUT2D eigenvalue weighted by Gasteiger charge is 2.14. The van der Waals surface area contributed by atoms with Crippen molar-refractivity contribution < 1.29 is 9.53 Å². The molecule has 0 aliphatic rings. The summed E-state index contributed by atoms with van der Waals surface area (Å²) in [5.41, 5.74) is 2.09. The first-order valence-electron chi connectivity index (χ1n) is 6.35. The lowest BCUT2D eigenvalue weighted by Gasteiger charge is -2.19. The number of alkyl halides is 1. The third kappa shape index (κ3) is 4.52. The molecule has 0 atom stereocenters. The molecule has 0 spiro atoms. The van der Waals surface area contributed by atoms with Crippen molar-refractivity contribution in [2.24, 2.45) is 0 Å². The molecule has 0 aromatic heterocycles. The number of carbonyl (C=O) groups excluding carboxylic acids is 1.